The average molecular weight is 196 g/mol. The van der Waals surface area contributed by atoms with Crippen molar-refractivity contribution in [2.45, 2.75) is 6.92 Å². The summed E-state index contributed by atoms with van der Waals surface area (Å²) in [7, 11) is 0. The van der Waals surface area contributed by atoms with Gasteiger partial charge in [-0.05, 0) is 6.92 Å². The second-order valence-electron chi connectivity index (χ2n) is 2.88. The van der Waals surface area contributed by atoms with Crippen molar-refractivity contribution in [2.24, 2.45) is 5.92 Å². The Bertz CT molecular complexity index is 278. The maximum absolute atomic E-state index is 10.9. The normalized spacial score (nSPS) is 20.9. The van der Waals surface area contributed by atoms with E-state index >= 15 is 0 Å². The number of hydrogen-bond donors (Lipinski definition) is 0. The van der Waals surface area contributed by atoms with Gasteiger partial charge in [-0.1, -0.05) is 12.2 Å². The number of esters is 2. The number of carbonyl (C=O) groups excluding carboxylic acids is 2. The van der Waals surface area contributed by atoms with E-state index in [1.165, 1.54) is 12.2 Å². The van der Waals surface area contributed by atoms with Gasteiger partial charge < -0.3 is 9.47 Å². The molecule has 0 N–H and O–H groups in total. The molecule has 1 aliphatic heterocycles. The molecule has 0 aromatic heterocycles. The van der Waals surface area contributed by atoms with Gasteiger partial charge in [-0.15, -0.1) is 0 Å². The molecule has 1 heterocycles. The highest BCUT2D eigenvalue weighted by Gasteiger charge is 2.14. The first-order chi connectivity index (χ1) is 6.72. The fourth-order valence-electron chi connectivity index (χ4n) is 0.985. The van der Waals surface area contributed by atoms with Crippen LogP contribution in [0.5, 0.6) is 0 Å². The zero-order valence-corrected chi connectivity index (χ0v) is 7.93. The van der Waals surface area contributed by atoms with Gasteiger partial charge in [-0.2, -0.15) is 0 Å². The Morgan fingerprint density at radius 3 is 3.14 bits per heavy atom. The maximum Gasteiger partial charge on any atom is 0.330 e. The van der Waals surface area contributed by atoms with E-state index in [1.54, 1.807) is 19.1 Å². The van der Waals surface area contributed by atoms with Crippen LogP contribution in [-0.4, -0.2) is 25.2 Å². The second kappa shape index (κ2) is 5.21. The van der Waals surface area contributed by atoms with Crippen molar-refractivity contribution in [2.75, 3.05) is 13.2 Å². The number of rotatable bonds is 3. The SMILES string of the molecule is CC=CC(=O)OCC1C=CC(=O)OC1. The van der Waals surface area contributed by atoms with Gasteiger partial charge in [0.25, 0.3) is 0 Å². The summed E-state index contributed by atoms with van der Waals surface area (Å²) in [5, 5.41) is 0. The summed E-state index contributed by atoms with van der Waals surface area (Å²) in [4.78, 5) is 21.5. The van der Waals surface area contributed by atoms with E-state index in [4.69, 9.17) is 9.47 Å². The third-order valence-corrected chi connectivity index (χ3v) is 1.69. The van der Waals surface area contributed by atoms with Crippen molar-refractivity contribution >= 4 is 11.9 Å². The molecule has 0 spiro atoms. The first-order valence-electron chi connectivity index (χ1n) is 4.37. The molecule has 4 heteroatoms. The zero-order chi connectivity index (χ0) is 10.4. The maximum atomic E-state index is 10.9. The van der Waals surface area contributed by atoms with Gasteiger partial charge in [-0.25, -0.2) is 9.59 Å². The van der Waals surface area contributed by atoms with Crippen LogP contribution in [0.1, 0.15) is 6.92 Å². The molecule has 0 radical (unpaired) electrons. The Kier molecular flexibility index (Phi) is 3.91. The monoisotopic (exact) mass is 196 g/mol. The summed E-state index contributed by atoms with van der Waals surface area (Å²) in [6, 6.07) is 0. The van der Waals surface area contributed by atoms with E-state index in [9.17, 15) is 9.59 Å². The highest BCUT2D eigenvalue weighted by atomic mass is 16.5. The van der Waals surface area contributed by atoms with Crippen LogP contribution >= 0.6 is 0 Å². The molecule has 0 saturated heterocycles. The van der Waals surface area contributed by atoms with Crippen LogP contribution in [0.2, 0.25) is 0 Å². The molecule has 0 fully saturated rings. The number of ether oxygens (including phenoxy) is 2. The summed E-state index contributed by atoms with van der Waals surface area (Å²) in [6.45, 7) is 2.26. The van der Waals surface area contributed by atoms with E-state index in [0.29, 0.717) is 0 Å². The molecule has 0 aromatic carbocycles. The summed E-state index contributed by atoms with van der Waals surface area (Å²) < 4.78 is 9.64. The van der Waals surface area contributed by atoms with Crippen molar-refractivity contribution in [3.8, 4) is 0 Å². The molecule has 4 nitrogen and oxygen atoms in total. The molecule has 14 heavy (non-hydrogen) atoms. The van der Waals surface area contributed by atoms with Gasteiger partial charge in [0, 0.05) is 18.1 Å². The lowest BCUT2D eigenvalue weighted by atomic mass is 10.1. The van der Waals surface area contributed by atoms with E-state index in [1.807, 2.05) is 0 Å². The van der Waals surface area contributed by atoms with Gasteiger partial charge >= 0.3 is 11.9 Å². The van der Waals surface area contributed by atoms with Crippen molar-refractivity contribution in [1.29, 1.82) is 0 Å². The van der Waals surface area contributed by atoms with Crippen molar-refractivity contribution in [1.82, 2.24) is 0 Å². The molecular formula is C10H12O4. The molecule has 1 rings (SSSR count). The smallest absolute Gasteiger partial charge is 0.330 e. The van der Waals surface area contributed by atoms with Gasteiger partial charge in [-0.3, -0.25) is 0 Å². The lowest BCUT2D eigenvalue weighted by Gasteiger charge is -2.15. The summed E-state index contributed by atoms with van der Waals surface area (Å²) in [5.74, 6) is -0.749. The number of allylic oxidation sites excluding steroid dienone is 1. The molecule has 0 aromatic rings. The summed E-state index contributed by atoms with van der Waals surface area (Å²) in [6.07, 6.45) is 5.99. The van der Waals surface area contributed by atoms with E-state index in [-0.39, 0.29) is 31.1 Å². The minimum Gasteiger partial charge on any atom is -0.462 e. The molecule has 76 valence electrons. The number of hydrogen-bond acceptors (Lipinski definition) is 4. The fourth-order valence-corrected chi connectivity index (χ4v) is 0.985. The van der Waals surface area contributed by atoms with Gasteiger partial charge in [0.2, 0.25) is 0 Å². The van der Waals surface area contributed by atoms with Crippen LogP contribution in [-0.2, 0) is 19.1 Å². The Morgan fingerprint density at radius 1 is 1.79 bits per heavy atom. The third-order valence-electron chi connectivity index (χ3n) is 1.69. The molecule has 0 aliphatic carbocycles. The first kappa shape index (κ1) is 10.5. The molecule has 0 saturated carbocycles. The summed E-state index contributed by atoms with van der Waals surface area (Å²) in [5.41, 5.74) is 0. The average Bonchev–Trinajstić information content (AvgIpc) is 2.17. The summed E-state index contributed by atoms with van der Waals surface area (Å²) >= 11 is 0. The van der Waals surface area contributed by atoms with Crippen LogP contribution < -0.4 is 0 Å². The minimum atomic E-state index is -0.377. The molecule has 0 bridgehead atoms. The lowest BCUT2D eigenvalue weighted by molar-refractivity contribution is -0.143. The van der Waals surface area contributed by atoms with Crippen molar-refractivity contribution in [3.63, 3.8) is 0 Å². The topological polar surface area (TPSA) is 52.6 Å². The van der Waals surface area contributed by atoms with Crippen LogP contribution in [0.25, 0.3) is 0 Å². The Hall–Kier alpha value is -1.58. The Balaban J connectivity index is 2.29. The first-order valence-corrected chi connectivity index (χ1v) is 4.37. The largest absolute Gasteiger partial charge is 0.462 e. The fraction of sp³-hybridized carbons (Fsp3) is 0.400. The van der Waals surface area contributed by atoms with Crippen LogP contribution in [0.4, 0.5) is 0 Å². The van der Waals surface area contributed by atoms with Crippen LogP contribution in [0.3, 0.4) is 0 Å². The van der Waals surface area contributed by atoms with Gasteiger partial charge in [0.1, 0.15) is 13.2 Å². The number of cyclic esters (lactones) is 1. The second-order valence-corrected chi connectivity index (χ2v) is 2.88. The number of carbonyl (C=O) groups is 2. The molecule has 1 unspecified atom stereocenters. The predicted molar refractivity (Wildman–Crippen MR) is 49.4 cm³/mol. The molecule has 1 aliphatic rings. The van der Waals surface area contributed by atoms with Crippen LogP contribution in [0, 0.1) is 5.92 Å². The quantitative estimate of drug-likeness (QED) is 0.495. The predicted octanol–water partition coefficient (Wildman–Crippen LogP) is 0.835. The molecule has 1 atom stereocenters. The highest BCUT2D eigenvalue weighted by molar-refractivity contribution is 5.83. The van der Waals surface area contributed by atoms with Gasteiger partial charge in [0.05, 0.1) is 0 Å². The third kappa shape index (κ3) is 3.43. The standard InChI is InChI=1S/C10H12O4/c1-2-3-9(11)13-6-8-4-5-10(12)14-7-8/h2-5,8H,6-7H2,1H3. The molecular weight excluding hydrogens is 184 g/mol. The highest BCUT2D eigenvalue weighted by Crippen LogP contribution is 2.07. The minimum absolute atomic E-state index is 0.0260. The van der Waals surface area contributed by atoms with Crippen LogP contribution in [0.15, 0.2) is 24.3 Å². The lowest BCUT2D eigenvalue weighted by Crippen LogP contribution is -2.21. The van der Waals surface area contributed by atoms with E-state index in [2.05, 4.69) is 0 Å². The van der Waals surface area contributed by atoms with E-state index in [0.717, 1.165) is 0 Å². The van der Waals surface area contributed by atoms with Crippen molar-refractivity contribution < 1.29 is 19.1 Å². The van der Waals surface area contributed by atoms with Gasteiger partial charge in [0.15, 0.2) is 0 Å². The zero-order valence-electron chi connectivity index (χ0n) is 7.93. The Morgan fingerprint density at radius 2 is 2.57 bits per heavy atom. The van der Waals surface area contributed by atoms with E-state index < -0.39 is 0 Å². The van der Waals surface area contributed by atoms with Crippen molar-refractivity contribution in [3.05, 3.63) is 24.3 Å². The Labute approximate surface area is 82.2 Å². The molecule has 0 amide bonds.